The summed E-state index contributed by atoms with van der Waals surface area (Å²) in [7, 11) is 0. The zero-order valence-corrected chi connectivity index (χ0v) is 22.2. The number of hydrogen-bond donors (Lipinski definition) is 2. The first-order valence-corrected chi connectivity index (χ1v) is 12.5. The van der Waals surface area contributed by atoms with E-state index >= 15 is 0 Å². The molecule has 2 rings (SSSR count). The highest BCUT2D eigenvalue weighted by molar-refractivity contribution is 5.92. The monoisotopic (exact) mass is 473 g/mol. The van der Waals surface area contributed by atoms with Gasteiger partial charge in [0.15, 0.2) is 0 Å². The molecule has 1 fully saturated rings. The minimum absolute atomic E-state index is 0.0524. The fraction of sp³-hybridized carbons (Fsp3) is 0.667. The molecule has 1 aromatic rings. The van der Waals surface area contributed by atoms with Gasteiger partial charge in [-0.15, -0.1) is 0 Å². The number of rotatable bonds is 10. The number of alkyl carbamates (subject to hydrolysis) is 1. The van der Waals surface area contributed by atoms with Crippen LogP contribution in [0, 0.1) is 19.8 Å². The van der Waals surface area contributed by atoms with Crippen molar-refractivity contribution in [1.29, 1.82) is 0 Å². The lowest BCUT2D eigenvalue weighted by Gasteiger charge is -2.34. The van der Waals surface area contributed by atoms with Gasteiger partial charge in [0.05, 0.1) is 0 Å². The largest absolute Gasteiger partial charge is 0.444 e. The van der Waals surface area contributed by atoms with Gasteiger partial charge in [-0.1, -0.05) is 44.9 Å². The van der Waals surface area contributed by atoms with Crippen molar-refractivity contribution in [2.75, 3.05) is 6.54 Å². The molecule has 34 heavy (non-hydrogen) atoms. The second-order valence-electron chi connectivity index (χ2n) is 10.6. The van der Waals surface area contributed by atoms with Gasteiger partial charge >= 0.3 is 6.09 Å². The summed E-state index contributed by atoms with van der Waals surface area (Å²) < 4.78 is 5.33. The quantitative estimate of drug-likeness (QED) is 0.478. The number of hydrogen-bond acceptors (Lipinski definition) is 4. The third-order valence-corrected chi connectivity index (χ3v) is 6.24. The molecule has 4 unspecified atom stereocenters. The molecule has 0 spiro atoms. The topological polar surface area (TPSA) is 87.7 Å². The van der Waals surface area contributed by atoms with Gasteiger partial charge in [-0.3, -0.25) is 9.59 Å². The van der Waals surface area contributed by atoms with Gasteiger partial charge in [0.2, 0.25) is 11.8 Å². The molecule has 0 aliphatic heterocycles. The second kappa shape index (κ2) is 11.7. The number of carbonyl (C=O) groups is 3. The Morgan fingerprint density at radius 3 is 2.32 bits per heavy atom. The van der Waals surface area contributed by atoms with Crippen molar-refractivity contribution in [3.05, 3.63) is 34.9 Å². The molecule has 0 aromatic heterocycles. The third-order valence-electron chi connectivity index (χ3n) is 6.24. The fourth-order valence-electron chi connectivity index (χ4n) is 4.00. The van der Waals surface area contributed by atoms with Crippen LogP contribution in [0.3, 0.4) is 0 Å². The lowest BCUT2D eigenvalue weighted by Crippen LogP contribution is -2.53. The Kier molecular flexibility index (Phi) is 9.54. The van der Waals surface area contributed by atoms with Gasteiger partial charge in [0.25, 0.3) is 0 Å². The van der Waals surface area contributed by atoms with Crippen LogP contribution < -0.4 is 10.6 Å². The van der Waals surface area contributed by atoms with Crippen LogP contribution in [0.1, 0.15) is 90.0 Å². The maximum absolute atomic E-state index is 13.7. The minimum atomic E-state index is -0.829. The molecule has 2 N–H and O–H groups in total. The maximum Gasteiger partial charge on any atom is 0.408 e. The van der Waals surface area contributed by atoms with Crippen LogP contribution >= 0.6 is 0 Å². The summed E-state index contributed by atoms with van der Waals surface area (Å²) in [6, 6.07) is 4.27. The maximum atomic E-state index is 13.7. The van der Waals surface area contributed by atoms with Crippen LogP contribution in [0.5, 0.6) is 0 Å². The van der Waals surface area contributed by atoms with Crippen LogP contribution in [0.15, 0.2) is 18.2 Å². The highest BCUT2D eigenvalue weighted by Gasteiger charge is 2.47. The smallest absolute Gasteiger partial charge is 0.408 e. The average Bonchev–Trinajstić information content (AvgIpc) is 3.45. The predicted octanol–water partition coefficient (Wildman–Crippen LogP) is 4.80. The molecule has 0 heterocycles. The Bertz CT molecular complexity index is 877. The standard InChI is InChI=1S/C27H43N3O4/c1-9-10-11-14-28-24(31)23(21-13-12-17(2)18(3)15-21)30(22-16-19(22)4)25(32)20(5)29-26(33)34-27(6,7)8/h12-13,15,19-20,22-23H,9-11,14,16H2,1-8H3,(H,28,31)(H,29,33). The minimum Gasteiger partial charge on any atom is -0.444 e. The van der Waals surface area contributed by atoms with Gasteiger partial charge in [-0.25, -0.2) is 4.79 Å². The summed E-state index contributed by atoms with van der Waals surface area (Å²) in [5.41, 5.74) is 2.31. The number of unbranched alkanes of at least 4 members (excludes halogenated alkanes) is 2. The van der Waals surface area contributed by atoms with Crippen molar-refractivity contribution >= 4 is 17.9 Å². The predicted molar refractivity (Wildman–Crippen MR) is 134 cm³/mol. The molecule has 190 valence electrons. The molecule has 1 aliphatic rings. The summed E-state index contributed by atoms with van der Waals surface area (Å²) in [5.74, 6) is -0.178. The van der Waals surface area contributed by atoms with Crippen molar-refractivity contribution in [3.8, 4) is 0 Å². The first kappa shape index (κ1) is 27.7. The van der Waals surface area contributed by atoms with E-state index in [0.29, 0.717) is 12.5 Å². The van der Waals surface area contributed by atoms with Gasteiger partial charge < -0.3 is 20.3 Å². The Morgan fingerprint density at radius 1 is 1.15 bits per heavy atom. The van der Waals surface area contributed by atoms with Crippen molar-refractivity contribution in [2.24, 2.45) is 5.92 Å². The molecule has 0 saturated heterocycles. The number of amides is 3. The molecule has 1 aromatic carbocycles. The van der Waals surface area contributed by atoms with Gasteiger partial charge in [-0.2, -0.15) is 0 Å². The van der Waals surface area contributed by atoms with E-state index in [4.69, 9.17) is 4.74 Å². The first-order chi connectivity index (χ1) is 15.9. The molecule has 0 bridgehead atoms. The summed E-state index contributed by atoms with van der Waals surface area (Å²) in [6.45, 7) is 15.8. The summed E-state index contributed by atoms with van der Waals surface area (Å²) in [5, 5.41) is 5.70. The van der Waals surface area contributed by atoms with E-state index in [1.165, 1.54) is 0 Å². The van der Waals surface area contributed by atoms with Gasteiger partial charge in [-0.05, 0) is 77.0 Å². The molecular weight excluding hydrogens is 430 g/mol. The van der Waals surface area contributed by atoms with E-state index in [2.05, 4.69) is 24.5 Å². The number of aryl methyl sites for hydroxylation is 2. The fourth-order valence-corrected chi connectivity index (χ4v) is 4.00. The normalized spacial score (nSPS) is 19.1. The first-order valence-electron chi connectivity index (χ1n) is 12.5. The molecular formula is C27H43N3O4. The SMILES string of the molecule is CCCCCNC(=O)C(c1ccc(C)c(C)c1)N(C(=O)C(C)NC(=O)OC(C)(C)C)C1CC1C. The van der Waals surface area contributed by atoms with Crippen molar-refractivity contribution < 1.29 is 19.1 Å². The lowest BCUT2D eigenvalue weighted by atomic mass is 9.98. The van der Waals surface area contributed by atoms with Crippen LogP contribution in [0.25, 0.3) is 0 Å². The summed E-state index contributed by atoms with van der Waals surface area (Å²) in [6.07, 6.45) is 3.17. The molecule has 1 saturated carbocycles. The lowest BCUT2D eigenvalue weighted by molar-refractivity contribution is -0.143. The van der Waals surface area contributed by atoms with E-state index in [1.54, 1.807) is 32.6 Å². The van der Waals surface area contributed by atoms with Crippen molar-refractivity contribution in [1.82, 2.24) is 15.5 Å². The van der Waals surface area contributed by atoms with E-state index < -0.39 is 23.8 Å². The number of nitrogens with zero attached hydrogens (tertiary/aromatic N) is 1. The molecule has 4 atom stereocenters. The average molecular weight is 474 g/mol. The number of ether oxygens (including phenoxy) is 1. The van der Waals surface area contributed by atoms with Gasteiger partial charge in [0, 0.05) is 12.6 Å². The number of benzene rings is 1. The highest BCUT2D eigenvalue weighted by Crippen LogP contribution is 2.41. The van der Waals surface area contributed by atoms with E-state index in [-0.39, 0.29) is 17.9 Å². The number of carbonyl (C=O) groups excluding carboxylic acids is 3. The molecule has 1 aliphatic carbocycles. The highest BCUT2D eigenvalue weighted by atomic mass is 16.6. The molecule has 7 nitrogen and oxygen atoms in total. The van der Waals surface area contributed by atoms with E-state index in [0.717, 1.165) is 42.4 Å². The van der Waals surface area contributed by atoms with Crippen molar-refractivity contribution in [3.63, 3.8) is 0 Å². The zero-order valence-electron chi connectivity index (χ0n) is 22.2. The van der Waals surface area contributed by atoms with E-state index in [9.17, 15) is 14.4 Å². The molecule has 0 radical (unpaired) electrons. The Morgan fingerprint density at radius 2 is 1.79 bits per heavy atom. The Hall–Kier alpha value is -2.57. The van der Waals surface area contributed by atoms with Crippen LogP contribution in [-0.2, 0) is 14.3 Å². The number of nitrogens with one attached hydrogen (secondary N) is 2. The Labute approximate surface area is 205 Å². The third kappa shape index (κ3) is 7.74. The van der Waals surface area contributed by atoms with Crippen LogP contribution in [0.2, 0.25) is 0 Å². The Balaban J connectivity index is 2.35. The second-order valence-corrected chi connectivity index (χ2v) is 10.6. The van der Waals surface area contributed by atoms with Gasteiger partial charge in [0.1, 0.15) is 17.7 Å². The zero-order chi connectivity index (χ0) is 25.6. The van der Waals surface area contributed by atoms with Crippen molar-refractivity contribution in [2.45, 2.75) is 105 Å². The van der Waals surface area contributed by atoms with Crippen LogP contribution in [-0.4, -0.2) is 47.0 Å². The summed E-state index contributed by atoms with van der Waals surface area (Å²) in [4.78, 5) is 41.2. The van der Waals surface area contributed by atoms with Crippen LogP contribution in [0.4, 0.5) is 4.79 Å². The molecule has 7 heteroatoms. The van der Waals surface area contributed by atoms with E-state index in [1.807, 2.05) is 32.0 Å². The summed E-state index contributed by atoms with van der Waals surface area (Å²) >= 11 is 0. The molecule has 3 amide bonds.